The predicted octanol–water partition coefficient (Wildman–Crippen LogP) is 3.49. The van der Waals surface area contributed by atoms with Crippen molar-refractivity contribution in [1.29, 1.82) is 0 Å². The molecule has 174 valence electrons. The summed E-state index contributed by atoms with van der Waals surface area (Å²) in [6.45, 7) is 10.2. The Morgan fingerprint density at radius 2 is 1.81 bits per heavy atom. The van der Waals surface area contributed by atoms with E-state index in [1.165, 1.54) is 0 Å². The minimum absolute atomic E-state index is 0.00607. The van der Waals surface area contributed by atoms with Crippen molar-refractivity contribution in [3.63, 3.8) is 0 Å². The highest BCUT2D eigenvalue weighted by Crippen LogP contribution is 2.62. The largest absolute Gasteiger partial charge is 0.495 e. The van der Waals surface area contributed by atoms with Crippen LogP contribution in [0.2, 0.25) is 0 Å². The first-order valence-electron chi connectivity index (χ1n) is 11.4. The van der Waals surface area contributed by atoms with Crippen LogP contribution in [0.3, 0.4) is 0 Å². The van der Waals surface area contributed by atoms with E-state index in [0.717, 1.165) is 22.4 Å². The van der Waals surface area contributed by atoms with Gasteiger partial charge in [0.2, 0.25) is 0 Å². The van der Waals surface area contributed by atoms with Crippen LogP contribution < -0.4 is 9.47 Å². The van der Waals surface area contributed by atoms with Gasteiger partial charge in [0.1, 0.15) is 34.9 Å². The zero-order valence-electron chi connectivity index (χ0n) is 19.7. The molecule has 0 unspecified atom stereocenters. The van der Waals surface area contributed by atoms with Crippen LogP contribution in [0.5, 0.6) is 11.5 Å². The molecular formula is C25H32O7. The molecule has 7 heteroatoms. The molecule has 1 aromatic rings. The van der Waals surface area contributed by atoms with E-state index in [0.29, 0.717) is 37.0 Å². The topological polar surface area (TPSA) is 91.3 Å². The number of hydrogen-bond donors (Lipinski definition) is 1. The first kappa shape index (κ1) is 21.6. The van der Waals surface area contributed by atoms with E-state index in [1.807, 2.05) is 20.8 Å². The fourth-order valence-corrected chi connectivity index (χ4v) is 7.49. The Bertz CT molecular complexity index is 1030. The smallest absolute Gasteiger partial charge is 0.342 e. The summed E-state index contributed by atoms with van der Waals surface area (Å²) in [7, 11) is 1.57. The van der Waals surface area contributed by atoms with Gasteiger partial charge < -0.3 is 24.1 Å². The molecule has 2 fully saturated rings. The van der Waals surface area contributed by atoms with Crippen molar-refractivity contribution >= 4 is 11.9 Å². The lowest BCUT2D eigenvalue weighted by molar-refractivity contribution is -0.211. The van der Waals surface area contributed by atoms with E-state index >= 15 is 0 Å². The average Bonchev–Trinajstić information content (AvgIpc) is 3.03. The molecule has 0 spiro atoms. The Kier molecular flexibility index (Phi) is 4.46. The number of benzene rings is 1. The predicted molar refractivity (Wildman–Crippen MR) is 115 cm³/mol. The van der Waals surface area contributed by atoms with Crippen molar-refractivity contribution in [2.45, 2.75) is 84.2 Å². The molecule has 1 aromatic carbocycles. The lowest BCUT2D eigenvalue weighted by Crippen LogP contribution is -2.66. The van der Waals surface area contributed by atoms with Gasteiger partial charge in [0.25, 0.3) is 0 Å². The number of fused-ring (bicyclic) bond motifs is 5. The molecule has 3 aliphatic heterocycles. The van der Waals surface area contributed by atoms with Gasteiger partial charge in [0.15, 0.2) is 0 Å². The second-order valence-corrected chi connectivity index (χ2v) is 10.9. The fourth-order valence-electron chi connectivity index (χ4n) is 7.49. The summed E-state index contributed by atoms with van der Waals surface area (Å²) in [5.41, 5.74) is 1.22. The number of carbonyl (C=O) groups excluding carboxylic acids is 2. The van der Waals surface area contributed by atoms with Crippen molar-refractivity contribution < 1.29 is 33.6 Å². The summed E-state index contributed by atoms with van der Waals surface area (Å²) in [4.78, 5) is 24.9. The summed E-state index contributed by atoms with van der Waals surface area (Å²) < 4.78 is 23.6. The molecule has 7 nitrogen and oxygen atoms in total. The molecule has 0 bridgehead atoms. The summed E-state index contributed by atoms with van der Waals surface area (Å²) in [6.07, 6.45) is 1.29. The van der Waals surface area contributed by atoms with Crippen LogP contribution in [0.25, 0.3) is 0 Å². The molecule has 32 heavy (non-hydrogen) atoms. The van der Waals surface area contributed by atoms with Gasteiger partial charge in [-0.05, 0) is 51.5 Å². The summed E-state index contributed by atoms with van der Waals surface area (Å²) in [6, 6.07) is 0. The molecule has 1 saturated heterocycles. The standard InChI is InChI=1S/C25H32O7/c1-12-14-11-30-22(28)18(14)20(29-6)13-9-16-24(4)8-7-17(27)31-23(2,3)21(24)15(26)10-25(16,5)32-19(12)13/h15-16,21,26H,7-11H2,1-6H3/t15-,16+,21+,24-,25-/m1/s1. The van der Waals surface area contributed by atoms with Gasteiger partial charge in [0, 0.05) is 35.8 Å². The fraction of sp³-hybridized carbons (Fsp3) is 0.680. The van der Waals surface area contributed by atoms with Gasteiger partial charge in [0.05, 0.1) is 13.2 Å². The summed E-state index contributed by atoms with van der Waals surface area (Å²) in [5, 5.41) is 11.4. The van der Waals surface area contributed by atoms with Crippen molar-refractivity contribution in [1.82, 2.24) is 0 Å². The molecular weight excluding hydrogens is 412 g/mol. The van der Waals surface area contributed by atoms with Crippen molar-refractivity contribution in [3.05, 3.63) is 22.3 Å². The lowest BCUT2D eigenvalue weighted by atomic mass is 9.49. The second kappa shape index (κ2) is 6.62. The first-order valence-corrected chi connectivity index (χ1v) is 11.4. The minimum Gasteiger partial charge on any atom is -0.495 e. The number of rotatable bonds is 1. The highest BCUT2D eigenvalue weighted by Gasteiger charge is 2.65. The molecule has 1 N–H and O–H groups in total. The number of methoxy groups -OCH3 is 1. The molecule has 4 aliphatic rings. The Morgan fingerprint density at radius 3 is 2.50 bits per heavy atom. The van der Waals surface area contributed by atoms with Gasteiger partial charge in [-0.2, -0.15) is 0 Å². The Hall–Kier alpha value is -2.28. The summed E-state index contributed by atoms with van der Waals surface area (Å²) in [5.74, 6) is 0.410. The number of cyclic esters (lactones) is 2. The Morgan fingerprint density at radius 1 is 1.09 bits per heavy atom. The third-order valence-electron chi connectivity index (χ3n) is 8.61. The number of ether oxygens (including phenoxy) is 4. The number of carbonyl (C=O) groups is 2. The molecule has 0 aromatic heterocycles. The van der Waals surface area contributed by atoms with Crippen molar-refractivity contribution in [2.75, 3.05) is 7.11 Å². The highest BCUT2D eigenvalue weighted by molar-refractivity contribution is 5.98. The molecule has 1 saturated carbocycles. The van der Waals surface area contributed by atoms with E-state index in [1.54, 1.807) is 7.11 Å². The van der Waals surface area contributed by atoms with Crippen LogP contribution in [-0.2, 0) is 27.3 Å². The molecule has 3 heterocycles. The van der Waals surface area contributed by atoms with E-state index < -0.39 is 22.7 Å². The third kappa shape index (κ3) is 2.69. The van der Waals surface area contributed by atoms with Crippen LogP contribution in [0, 0.1) is 24.2 Å². The average molecular weight is 445 g/mol. The molecule has 5 atom stereocenters. The lowest BCUT2D eigenvalue weighted by Gasteiger charge is -2.61. The number of esters is 2. The van der Waals surface area contributed by atoms with Crippen LogP contribution in [0.4, 0.5) is 0 Å². The van der Waals surface area contributed by atoms with Crippen LogP contribution in [0.15, 0.2) is 0 Å². The third-order valence-corrected chi connectivity index (χ3v) is 8.61. The van der Waals surface area contributed by atoms with Gasteiger partial charge in [-0.3, -0.25) is 4.79 Å². The monoisotopic (exact) mass is 444 g/mol. The van der Waals surface area contributed by atoms with Crippen LogP contribution >= 0.6 is 0 Å². The number of aliphatic hydroxyl groups excluding tert-OH is 1. The maximum Gasteiger partial charge on any atom is 0.342 e. The Balaban J connectivity index is 1.70. The molecule has 5 rings (SSSR count). The van der Waals surface area contributed by atoms with Gasteiger partial charge in [-0.1, -0.05) is 6.92 Å². The van der Waals surface area contributed by atoms with Crippen molar-refractivity contribution in [3.8, 4) is 11.5 Å². The summed E-state index contributed by atoms with van der Waals surface area (Å²) >= 11 is 0. The molecule has 1 aliphatic carbocycles. The molecule has 0 radical (unpaired) electrons. The second-order valence-electron chi connectivity index (χ2n) is 10.9. The molecule has 0 amide bonds. The highest BCUT2D eigenvalue weighted by atomic mass is 16.6. The quantitative estimate of drug-likeness (QED) is 0.663. The normalized spacial score (nSPS) is 37.0. The van der Waals surface area contributed by atoms with E-state index in [2.05, 4.69) is 13.8 Å². The minimum atomic E-state index is -0.800. The van der Waals surface area contributed by atoms with Crippen molar-refractivity contribution in [2.24, 2.45) is 17.3 Å². The number of hydrogen-bond acceptors (Lipinski definition) is 7. The van der Waals surface area contributed by atoms with E-state index in [9.17, 15) is 14.7 Å². The maximum absolute atomic E-state index is 12.5. The van der Waals surface area contributed by atoms with E-state index in [4.69, 9.17) is 18.9 Å². The SMILES string of the molecule is COc1c2c(c(C)c3c1C(=O)OC3)O[C@]1(C)C[C@@H](O)[C@H]3C(C)(C)OC(=O)CC[C@]3(C)[C@@H]1C2. The zero-order chi connectivity index (χ0) is 23.2. The number of aliphatic hydroxyl groups is 1. The first-order chi connectivity index (χ1) is 14.9. The van der Waals surface area contributed by atoms with Gasteiger partial charge in [-0.15, -0.1) is 0 Å². The van der Waals surface area contributed by atoms with Gasteiger partial charge >= 0.3 is 11.9 Å². The van der Waals surface area contributed by atoms with Gasteiger partial charge in [-0.25, -0.2) is 4.79 Å². The Labute approximate surface area is 188 Å². The zero-order valence-corrected chi connectivity index (χ0v) is 19.7. The van der Waals surface area contributed by atoms with Crippen LogP contribution in [-0.4, -0.2) is 41.5 Å². The van der Waals surface area contributed by atoms with E-state index in [-0.39, 0.29) is 30.4 Å². The maximum atomic E-state index is 12.5. The van der Waals surface area contributed by atoms with Crippen LogP contribution in [0.1, 0.15) is 74.0 Å².